The highest BCUT2D eigenvalue weighted by Crippen LogP contribution is 2.26. The van der Waals surface area contributed by atoms with Crippen LogP contribution >= 0.6 is 34.7 Å². The van der Waals surface area contributed by atoms with E-state index in [2.05, 4.69) is 22.4 Å². The number of aromatic nitrogens is 2. The van der Waals surface area contributed by atoms with Gasteiger partial charge in [0.05, 0.1) is 0 Å². The highest BCUT2D eigenvalue weighted by molar-refractivity contribution is 8.01. The number of nitrogens with one attached hydrogen (secondary N) is 1. The molecule has 0 fully saturated rings. The van der Waals surface area contributed by atoms with E-state index in [1.807, 2.05) is 12.1 Å². The topological polar surface area (TPSA) is 54.9 Å². The van der Waals surface area contributed by atoms with Gasteiger partial charge in [0.1, 0.15) is 0 Å². The van der Waals surface area contributed by atoms with E-state index in [-0.39, 0.29) is 5.91 Å². The summed E-state index contributed by atoms with van der Waals surface area (Å²) < 4.78 is 0.880. The summed E-state index contributed by atoms with van der Waals surface area (Å²) in [6, 6.07) is 7.26. The Balaban J connectivity index is 1.85. The summed E-state index contributed by atoms with van der Waals surface area (Å²) in [6.07, 6.45) is 5.50. The van der Waals surface area contributed by atoms with E-state index in [0.717, 1.165) is 28.5 Å². The molecule has 1 N–H and O–H groups in total. The van der Waals surface area contributed by atoms with E-state index in [1.165, 1.54) is 17.4 Å². The molecule has 0 unspecified atom stereocenters. The van der Waals surface area contributed by atoms with Gasteiger partial charge >= 0.3 is 0 Å². The van der Waals surface area contributed by atoms with Gasteiger partial charge in [-0.2, -0.15) is 0 Å². The fourth-order valence-corrected chi connectivity index (χ4v) is 3.55. The number of carbonyl (C=O) groups excluding carboxylic acids is 1. The van der Waals surface area contributed by atoms with Crippen LogP contribution in [0, 0.1) is 0 Å². The first kappa shape index (κ1) is 17.0. The second-order valence-corrected chi connectivity index (χ2v) is 7.21. The Kier molecular flexibility index (Phi) is 6.89. The molecule has 1 heterocycles. The summed E-state index contributed by atoms with van der Waals surface area (Å²) in [5.41, 5.74) is 0.910. The van der Waals surface area contributed by atoms with Crippen molar-refractivity contribution < 1.29 is 4.79 Å². The first-order valence-corrected chi connectivity index (χ1v) is 9.06. The second kappa shape index (κ2) is 8.92. The van der Waals surface area contributed by atoms with Gasteiger partial charge in [0.25, 0.3) is 0 Å². The molecule has 0 atom stereocenters. The highest BCUT2D eigenvalue weighted by atomic mass is 35.5. The normalized spacial score (nSPS) is 11.0. The molecule has 0 saturated heterocycles. The Bertz CT molecular complexity index is 640. The lowest BCUT2D eigenvalue weighted by Gasteiger charge is -1.96. The summed E-state index contributed by atoms with van der Waals surface area (Å²) in [7, 11) is 0. The molecule has 0 aliphatic carbocycles. The predicted molar refractivity (Wildman–Crippen MR) is 94.7 cm³/mol. The van der Waals surface area contributed by atoms with Crippen LogP contribution < -0.4 is 5.32 Å². The molecule has 1 amide bonds. The fourth-order valence-electron chi connectivity index (χ4n) is 1.52. The molecule has 0 aliphatic rings. The molecule has 0 saturated carbocycles. The Morgan fingerprint density at radius 2 is 2.14 bits per heavy atom. The summed E-state index contributed by atoms with van der Waals surface area (Å²) in [5.74, 6) is 0.798. The quantitative estimate of drug-likeness (QED) is 0.338. The lowest BCUT2D eigenvalue weighted by Crippen LogP contribution is -2.07. The van der Waals surface area contributed by atoms with Crippen molar-refractivity contribution in [2.75, 3.05) is 11.1 Å². The number of unbranched alkanes of at least 4 members (excludes halogenated alkanes) is 1. The monoisotopic (exact) mass is 353 g/mol. The standard InChI is InChI=1S/C15H16ClN3OS2/c1-2-3-10-21-15-19-18-14(22-15)17-13(20)9-6-11-4-7-12(16)8-5-11/h4-9H,2-3,10H2,1H3,(H,17,18,20)/b9-6+. The van der Waals surface area contributed by atoms with E-state index in [4.69, 9.17) is 11.6 Å². The molecule has 2 aromatic rings. The molecule has 0 radical (unpaired) electrons. The fraction of sp³-hybridized carbons (Fsp3) is 0.267. The SMILES string of the molecule is CCCCSc1nnc(NC(=O)/C=C/c2ccc(Cl)cc2)s1. The third-order valence-electron chi connectivity index (χ3n) is 2.66. The molecule has 4 nitrogen and oxygen atoms in total. The van der Waals surface area contributed by atoms with E-state index in [9.17, 15) is 4.79 Å². The van der Waals surface area contributed by atoms with Gasteiger partial charge in [0, 0.05) is 16.9 Å². The van der Waals surface area contributed by atoms with Crippen molar-refractivity contribution in [2.24, 2.45) is 0 Å². The van der Waals surface area contributed by atoms with Crippen LogP contribution in [-0.4, -0.2) is 21.9 Å². The lowest BCUT2D eigenvalue weighted by atomic mass is 10.2. The number of rotatable bonds is 7. The largest absolute Gasteiger partial charge is 0.297 e. The second-order valence-electron chi connectivity index (χ2n) is 4.45. The minimum Gasteiger partial charge on any atom is -0.297 e. The average Bonchev–Trinajstić information content (AvgIpc) is 2.94. The van der Waals surface area contributed by atoms with Crippen molar-refractivity contribution in [1.29, 1.82) is 0 Å². The maximum Gasteiger partial charge on any atom is 0.250 e. The van der Waals surface area contributed by atoms with Crippen molar-refractivity contribution in [3.05, 3.63) is 40.9 Å². The zero-order valence-electron chi connectivity index (χ0n) is 12.1. The maximum absolute atomic E-state index is 11.8. The highest BCUT2D eigenvalue weighted by Gasteiger charge is 2.06. The number of nitrogens with zero attached hydrogens (tertiary/aromatic N) is 2. The molecular weight excluding hydrogens is 338 g/mol. The number of benzene rings is 1. The molecule has 0 spiro atoms. The number of halogens is 1. The van der Waals surface area contributed by atoms with Crippen LogP contribution in [0.15, 0.2) is 34.7 Å². The molecule has 0 bridgehead atoms. The molecule has 1 aromatic carbocycles. The summed E-state index contributed by atoms with van der Waals surface area (Å²) in [6.45, 7) is 2.15. The van der Waals surface area contributed by atoms with Crippen LogP contribution in [-0.2, 0) is 4.79 Å². The van der Waals surface area contributed by atoms with Crippen molar-refractivity contribution in [2.45, 2.75) is 24.1 Å². The Hall–Kier alpha value is -1.37. The van der Waals surface area contributed by atoms with Gasteiger partial charge in [0.15, 0.2) is 4.34 Å². The number of hydrogen-bond acceptors (Lipinski definition) is 5. The van der Waals surface area contributed by atoms with E-state index in [1.54, 1.807) is 30.0 Å². The maximum atomic E-state index is 11.8. The van der Waals surface area contributed by atoms with Crippen LogP contribution in [0.2, 0.25) is 5.02 Å². The third kappa shape index (κ3) is 5.79. The van der Waals surface area contributed by atoms with Gasteiger partial charge in [-0.25, -0.2) is 0 Å². The van der Waals surface area contributed by atoms with Gasteiger partial charge in [-0.3, -0.25) is 10.1 Å². The number of thioether (sulfide) groups is 1. The molecular formula is C15H16ClN3OS2. The minimum atomic E-state index is -0.226. The molecule has 0 aliphatic heterocycles. The Labute approximate surface area is 143 Å². The van der Waals surface area contributed by atoms with Gasteiger partial charge in [0.2, 0.25) is 11.0 Å². The van der Waals surface area contributed by atoms with Crippen LogP contribution in [0.4, 0.5) is 5.13 Å². The van der Waals surface area contributed by atoms with Crippen LogP contribution in [0.25, 0.3) is 6.08 Å². The van der Waals surface area contributed by atoms with E-state index >= 15 is 0 Å². The smallest absolute Gasteiger partial charge is 0.250 e. The van der Waals surface area contributed by atoms with Crippen LogP contribution in [0.5, 0.6) is 0 Å². The first-order chi connectivity index (χ1) is 10.7. The lowest BCUT2D eigenvalue weighted by molar-refractivity contribution is -0.111. The zero-order valence-corrected chi connectivity index (χ0v) is 14.5. The first-order valence-electron chi connectivity index (χ1n) is 6.88. The summed E-state index contributed by atoms with van der Waals surface area (Å²) >= 11 is 8.87. The number of hydrogen-bond donors (Lipinski definition) is 1. The van der Waals surface area contributed by atoms with Crippen molar-refractivity contribution >= 4 is 51.8 Å². The van der Waals surface area contributed by atoms with E-state index < -0.39 is 0 Å². The average molecular weight is 354 g/mol. The van der Waals surface area contributed by atoms with Gasteiger partial charge in [-0.05, 0) is 30.2 Å². The third-order valence-corrected chi connectivity index (χ3v) is 4.97. The minimum absolute atomic E-state index is 0.226. The predicted octanol–water partition coefficient (Wildman–Crippen LogP) is 4.74. The summed E-state index contributed by atoms with van der Waals surface area (Å²) in [5, 5.41) is 11.9. The van der Waals surface area contributed by atoms with Crippen LogP contribution in [0.3, 0.4) is 0 Å². The number of carbonyl (C=O) groups is 1. The van der Waals surface area contributed by atoms with Crippen molar-refractivity contribution in [1.82, 2.24) is 10.2 Å². The summed E-state index contributed by atoms with van der Waals surface area (Å²) in [4.78, 5) is 11.8. The van der Waals surface area contributed by atoms with Crippen molar-refractivity contribution in [3.8, 4) is 0 Å². The number of amides is 1. The van der Waals surface area contributed by atoms with Gasteiger partial charge in [-0.1, -0.05) is 60.2 Å². The van der Waals surface area contributed by atoms with Gasteiger partial charge in [-0.15, -0.1) is 10.2 Å². The van der Waals surface area contributed by atoms with Crippen molar-refractivity contribution in [3.63, 3.8) is 0 Å². The Morgan fingerprint density at radius 3 is 2.86 bits per heavy atom. The molecule has 2 rings (SSSR count). The zero-order chi connectivity index (χ0) is 15.8. The molecule has 116 valence electrons. The Morgan fingerprint density at radius 1 is 1.36 bits per heavy atom. The van der Waals surface area contributed by atoms with Crippen LogP contribution in [0.1, 0.15) is 25.3 Å². The molecule has 7 heteroatoms. The van der Waals surface area contributed by atoms with Gasteiger partial charge < -0.3 is 0 Å². The number of anilines is 1. The van der Waals surface area contributed by atoms with E-state index in [0.29, 0.717) is 10.2 Å². The molecule has 1 aromatic heterocycles. The molecule has 22 heavy (non-hydrogen) atoms.